The van der Waals surface area contributed by atoms with Crippen molar-refractivity contribution in [2.75, 3.05) is 27.3 Å². The zero-order valence-electron chi connectivity index (χ0n) is 16.6. The minimum absolute atomic E-state index is 0. The number of carbonyl (C=O) groups excluding carboxylic acids is 1. The number of benzene rings is 1. The number of piperidine rings is 1. The van der Waals surface area contributed by atoms with Gasteiger partial charge in [0.2, 0.25) is 5.91 Å². The average Bonchev–Trinajstić information content (AvgIpc) is 2.61. The molecule has 1 fully saturated rings. The number of ether oxygens (including phenoxy) is 2. The first kappa shape index (κ1) is 22.6. The number of rotatable bonds is 7. The van der Waals surface area contributed by atoms with Gasteiger partial charge in [0, 0.05) is 6.42 Å². The third-order valence-corrected chi connectivity index (χ3v) is 5.26. The predicted molar refractivity (Wildman–Crippen MR) is 107 cm³/mol. The Kier molecular flexibility index (Phi) is 9.23. The molecule has 2 rings (SSSR count). The fourth-order valence-corrected chi connectivity index (χ4v) is 3.66. The van der Waals surface area contributed by atoms with Gasteiger partial charge in [-0.05, 0) is 74.9 Å². The number of aryl methyl sites for hydroxylation is 1. The molecule has 0 saturated carbocycles. The Morgan fingerprint density at radius 2 is 1.92 bits per heavy atom. The largest absolute Gasteiger partial charge is 0.493 e. The van der Waals surface area contributed by atoms with Crippen LogP contribution in [0.3, 0.4) is 0 Å². The maximum Gasteiger partial charge on any atom is 0.220 e. The molecule has 5 nitrogen and oxygen atoms in total. The fourth-order valence-electron chi connectivity index (χ4n) is 3.66. The molecule has 3 atom stereocenters. The van der Waals surface area contributed by atoms with Crippen molar-refractivity contribution < 1.29 is 14.3 Å². The van der Waals surface area contributed by atoms with Crippen molar-refractivity contribution in [1.82, 2.24) is 10.6 Å². The third-order valence-electron chi connectivity index (χ3n) is 5.26. The van der Waals surface area contributed by atoms with Gasteiger partial charge in [-0.1, -0.05) is 6.92 Å². The molecule has 1 heterocycles. The first-order valence-corrected chi connectivity index (χ1v) is 9.18. The van der Waals surface area contributed by atoms with Crippen LogP contribution in [0.5, 0.6) is 11.5 Å². The summed E-state index contributed by atoms with van der Waals surface area (Å²) >= 11 is 0. The average molecular weight is 385 g/mol. The van der Waals surface area contributed by atoms with Gasteiger partial charge in [-0.3, -0.25) is 4.79 Å². The van der Waals surface area contributed by atoms with E-state index in [-0.39, 0.29) is 24.4 Å². The zero-order valence-corrected chi connectivity index (χ0v) is 17.4. The lowest BCUT2D eigenvalue weighted by atomic mass is 9.85. The normalized spacial score (nSPS) is 19.0. The van der Waals surface area contributed by atoms with Gasteiger partial charge in [0.1, 0.15) is 0 Å². The van der Waals surface area contributed by atoms with Crippen molar-refractivity contribution in [2.45, 2.75) is 46.1 Å². The van der Waals surface area contributed by atoms with E-state index in [2.05, 4.69) is 17.6 Å². The molecular formula is C20H33ClN2O3. The van der Waals surface area contributed by atoms with Crippen molar-refractivity contribution in [3.8, 4) is 11.5 Å². The molecule has 6 heteroatoms. The SMILES string of the molecule is COc1cc(C)c(C(C)NC(=O)CC(C)C2CCCNC2)cc1OC.Cl. The summed E-state index contributed by atoms with van der Waals surface area (Å²) in [7, 11) is 3.25. The Morgan fingerprint density at radius 3 is 2.50 bits per heavy atom. The van der Waals surface area contributed by atoms with Crippen LogP contribution >= 0.6 is 12.4 Å². The van der Waals surface area contributed by atoms with E-state index in [0.717, 1.165) is 24.2 Å². The smallest absolute Gasteiger partial charge is 0.220 e. The summed E-state index contributed by atoms with van der Waals surface area (Å²) in [5.41, 5.74) is 2.13. The lowest BCUT2D eigenvalue weighted by Crippen LogP contribution is -2.36. The van der Waals surface area contributed by atoms with Crippen LogP contribution in [0.4, 0.5) is 0 Å². The van der Waals surface area contributed by atoms with E-state index < -0.39 is 0 Å². The highest BCUT2D eigenvalue weighted by molar-refractivity contribution is 5.85. The van der Waals surface area contributed by atoms with Crippen molar-refractivity contribution in [3.05, 3.63) is 23.3 Å². The summed E-state index contributed by atoms with van der Waals surface area (Å²) in [5.74, 6) is 2.50. The first-order valence-electron chi connectivity index (χ1n) is 9.18. The minimum atomic E-state index is -0.0658. The zero-order chi connectivity index (χ0) is 18.4. The maximum absolute atomic E-state index is 12.5. The molecule has 0 radical (unpaired) electrons. The summed E-state index contributed by atoms with van der Waals surface area (Å²) in [5, 5.41) is 6.57. The first-order chi connectivity index (χ1) is 12.0. The lowest BCUT2D eigenvalue weighted by Gasteiger charge is -2.28. The summed E-state index contributed by atoms with van der Waals surface area (Å²) in [6.45, 7) is 8.35. The van der Waals surface area contributed by atoms with Gasteiger partial charge in [-0.15, -0.1) is 12.4 Å². The predicted octanol–water partition coefficient (Wildman–Crippen LogP) is 3.64. The van der Waals surface area contributed by atoms with Crippen LogP contribution in [0.1, 0.15) is 50.3 Å². The van der Waals surface area contributed by atoms with E-state index in [0.29, 0.717) is 29.8 Å². The Hall–Kier alpha value is -1.46. The van der Waals surface area contributed by atoms with E-state index in [9.17, 15) is 4.79 Å². The molecule has 1 aromatic rings. The van der Waals surface area contributed by atoms with E-state index >= 15 is 0 Å². The highest BCUT2D eigenvalue weighted by atomic mass is 35.5. The molecule has 1 saturated heterocycles. The Balaban J connectivity index is 0.00000338. The van der Waals surface area contributed by atoms with Gasteiger partial charge in [-0.2, -0.15) is 0 Å². The quantitative estimate of drug-likeness (QED) is 0.753. The van der Waals surface area contributed by atoms with E-state index in [1.165, 1.54) is 12.8 Å². The monoisotopic (exact) mass is 384 g/mol. The summed E-state index contributed by atoms with van der Waals surface area (Å²) in [6.07, 6.45) is 2.99. The van der Waals surface area contributed by atoms with Crippen LogP contribution in [0.25, 0.3) is 0 Å². The van der Waals surface area contributed by atoms with Crippen LogP contribution in [0.15, 0.2) is 12.1 Å². The van der Waals surface area contributed by atoms with Crippen molar-refractivity contribution in [3.63, 3.8) is 0 Å². The number of amides is 1. The van der Waals surface area contributed by atoms with Crippen molar-refractivity contribution in [1.29, 1.82) is 0 Å². The van der Waals surface area contributed by atoms with Gasteiger partial charge in [0.15, 0.2) is 11.5 Å². The number of nitrogens with one attached hydrogen (secondary N) is 2. The van der Waals surface area contributed by atoms with Gasteiger partial charge in [0.25, 0.3) is 0 Å². The number of hydrogen-bond acceptors (Lipinski definition) is 4. The lowest BCUT2D eigenvalue weighted by molar-refractivity contribution is -0.123. The summed E-state index contributed by atoms with van der Waals surface area (Å²) < 4.78 is 10.7. The molecule has 1 aliphatic heterocycles. The van der Waals surface area contributed by atoms with Gasteiger partial charge < -0.3 is 20.1 Å². The van der Waals surface area contributed by atoms with Gasteiger partial charge >= 0.3 is 0 Å². The maximum atomic E-state index is 12.5. The molecule has 1 aliphatic rings. The minimum Gasteiger partial charge on any atom is -0.493 e. The van der Waals surface area contributed by atoms with Crippen LogP contribution in [-0.4, -0.2) is 33.2 Å². The van der Waals surface area contributed by atoms with Crippen LogP contribution < -0.4 is 20.1 Å². The second-order valence-corrected chi connectivity index (χ2v) is 7.14. The molecule has 1 amide bonds. The fraction of sp³-hybridized carbons (Fsp3) is 0.650. The Bertz CT molecular complexity index is 589. The third kappa shape index (κ3) is 5.78. The molecule has 0 aromatic heterocycles. The summed E-state index contributed by atoms with van der Waals surface area (Å²) in [4.78, 5) is 12.5. The van der Waals surface area contributed by atoms with Crippen LogP contribution in [-0.2, 0) is 4.79 Å². The molecule has 1 aromatic carbocycles. The number of methoxy groups -OCH3 is 2. The molecule has 0 bridgehead atoms. The molecule has 26 heavy (non-hydrogen) atoms. The Morgan fingerprint density at radius 1 is 1.27 bits per heavy atom. The van der Waals surface area contributed by atoms with Gasteiger partial charge in [-0.25, -0.2) is 0 Å². The molecule has 2 N–H and O–H groups in total. The highest BCUT2D eigenvalue weighted by Crippen LogP contribution is 2.33. The topological polar surface area (TPSA) is 59.6 Å². The van der Waals surface area contributed by atoms with E-state index in [1.54, 1.807) is 14.2 Å². The molecule has 0 spiro atoms. The summed E-state index contributed by atoms with van der Waals surface area (Å²) in [6, 6.07) is 3.84. The van der Waals surface area contributed by atoms with E-state index in [1.807, 2.05) is 26.0 Å². The van der Waals surface area contributed by atoms with Crippen molar-refractivity contribution in [2.24, 2.45) is 11.8 Å². The van der Waals surface area contributed by atoms with E-state index in [4.69, 9.17) is 9.47 Å². The second-order valence-electron chi connectivity index (χ2n) is 7.14. The molecule has 148 valence electrons. The van der Waals surface area contributed by atoms with Crippen LogP contribution in [0, 0.1) is 18.8 Å². The van der Waals surface area contributed by atoms with Gasteiger partial charge in [0.05, 0.1) is 20.3 Å². The number of halogens is 1. The number of hydrogen-bond donors (Lipinski definition) is 2. The highest BCUT2D eigenvalue weighted by Gasteiger charge is 2.23. The molecular weight excluding hydrogens is 352 g/mol. The second kappa shape index (κ2) is 10.6. The molecule has 3 unspecified atom stereocenters. The molecule has 0 aliphatic carbocycles. The van der Waals surface area contributed by atoms with Crippen molar-refractivity contribution >= 4 is 18.3 Å². The number of carbonyl (C=O) groups is 1. The van der Waals surface area contributed by atoms with Crippen LogP contribution in [0.2, 0.25) is 0 Å². The Labute approximate surface area is 163 Å². The standard InChI is InChI=1S/C20H32N2O3.ClH/c1-13(16-7-6-8-21-12-16)10-20(23)22-15(3)17-11-19(25-5)18(24-4)9-14(17)2;/h9,11,13,15-16,21H,6-8,10,12H2,1-5H3,(H,22,23);1H.